The number of carbonyl (C=O) groups excluding carboxylic acids is 1. The molecule has 1 amide bonds. The Bertz CT molecular complexity index is 1240. The van der Waals surface area contributed by atoms with Crippen molar-refractivity contribution in [2.24, 2.45) is 0 Å². The zero-order chi connectivity index (χ0) is 28.4. The van der Waals surface area contributed by atoms with Crippen molar-refractivity contribution in [2.45, 2.75) is 30.7 Å². The second-order valence-electron chi connectivity index (χ2n) is 8.01. The fourth-order valence-electron chi connectivity index (χ4n) is 3.14. The molecule has 37 heavy (non-hydrogen) atoms. The van der Waals surface area contributed by atoms with Gasteiger partial charge in [-0.1, -0.05) is 18.2 Å². The fourth-order valence-corrected chi connectivity index (χ4v) is 3.71. The van der Waals surface area contributed by atoms with Crippen molar-refractivity contribution in [2.75, 3.05) is 23.9 Å². The van der Waals surface area contributed by atoms with Crippen LogP contribution in [-0.2, 0) is 39.1 Å². The van der Waals surface area contributed by atoms with Crippen LogP contribution >= 0.6 is 0 Å². The van der Waals surface area contributed by atoms with Crippen LogP contribution in [0.3, 0.4) is 0 Å². The van der Waals surface area contributed by atoms with Crippen LogP contribution in [0.1, 0.15) is 22.3 Å². The Morgan fingerprint density at radius 1 is 0.892 bits per heavy atom. The summed E-state index contributed by atoms with van der Waals surface area (Å²) in [5.74, 6) is -2.08. The summed E-state index contributed by atoms with van der Waals surface area (Å²) in [4.78, 5) is 11.6. The van der Waals surface area contributed by atoms with E-state index in [0.717, 1.165) is 18.4 Å². The first-order valence-electron chi connectivity index (χ1n) is 9.99. The molecule has 206 valence electrons. The van der Waals surface area contributed by atoms with Crippen LogP contribution in [0, 0.1) is 0 Å². The molecule has 2 aromatic rings. The number of nitrogens with one attached hydrogen (secondary N) is 2. The van der Waals surface area contributed by atoms with Crippen LogP contribution < -0.4 is 10.6 Å². The number of anilines is 1. The number of benzene rings is 2. The molecule has 0 aromatic heterocycles. The number of alkyl halides is 9. The molecule has 0 saturated heterocycles. The van der Waals surface area contributed by atoms with Crippen LogP contribution in [0.5, 0.6) is 0 Å². The van der Waals surface area contributed by atoms with E-state index in [1.807, 2.05) is 10.6 Å². The minimum absolute atomic E-state index is 0.0819. The van der Waals surface area contributed by atoms with E-state index in [2.05, 4.69) is 0 Å². The number of rotatable bonds is 8. The van der Waals surface area contributed by atoms with Gasteiger partial charge < -0.3 is 15.7 Å². The van der Waals surface area contributed by atoms with E-state index in [0.29, 0.717) is 24.3 Å². The van der Waals surface area contributed by atoms with E-state index in [-0.39, 0.29) is 6.07 Å². The third-order valence-electron chi connectivity index (χ3n) is 4.97. The van der Waals surface area contributed by atoms with E-state index in [9.17, 15) is 57.8 Å². The van der Waals surface area contributed by atoms with Gasteiger partial charge in [-0.05, 0) is 35.4 Å². The SMILES string of the molecule is CS(=O)(=O)CC(=O)NCc1ccc(NC[C@](O)(c2cccc(C(F)(F)F)c2)C(F)(F)F)cc1C(F)(F)F. The lowest BCUT2D eigenvalue weighted by molar-refractivity contribution is -0.260. The summed E-state index contributed by atoms with van der Waals surface area (Å²) < 4.78 is 143. The highest BCUT2D eigenvalue weighted by Crippen LogP contribution is 2.41. The predicted molar refractivity (Wildman–Crippen MR) is 113 cm³/mol. The number of amides is 1. The number of halogens is 9. The molecule has 0 spiro atoms. The summed E-state index contributed by atoms with van der Waals surface area (Å²) in [5, 5.41) is 14.3. The lowest BCUT2D eigenvalue weighted by Gasteiger charge is -2.32. The standard InChI is InChI=1S/C21H19F9N2O4S/c1-37(35,36)10-17(33)31-9-12-5-6-15(8-16(12)20(25,26)27)32-11-18(34,21(28,29)30)13-3-2-4-14(7-13)19(22,23)24/h2-8,32,34H,9-11H2,1H3,(H,31,33)/t18-/m0/s1. The van der Waals surface area contributed by atoms with Crippen molar-refractivity contribution >= 4 is 21.4 Å². The molecule has 16 heteroatoms. The van der Waals surface area contributed by atoms with E-state index in [1.165, 1.54) is 0 Å². The Kier molecular flexibility index (Phi) is 8.49. The van der Waals surface area contributed by atoms with Gasteiger partial charge in [0.05, 0.1) is 17.7 Å². The van der Waals surface area contributed by atoms with Crippen LogP contribution in [-0.4, -0.2) is 44.2 Å². The molecule has 3 N–H and O–H groups in total. The van der Waals surface area contributed by atoms with Crippen LogP contribution in [0.4, 0.5) is 45.2 Å². The summed E-state index contributed by atoms with van der Waals surface area (Å²) in [6, 6.07) is 3.85. The van der Waals surface area contributed by atoms with Crippen molar-refractivity contribution in [3.8, 4) is 0 Å². The Morgan fingerprint density at radius 3 is 2.00 bits per heavy atom. The first-order valence-corrected chi connectivity index (χ1v) is 12.0. The molecule has 1 atom stereocenters. The average Bonchev–Trinajstić information content (AvgIpc) is 2.73. The number of hydrogen-bond acceptors (Lipinski definition) is 5. The molecule has 0 heterocycles. The molecule has 0 saturated carbocycles. The van der Waals surface area contributed by atoms with Gasteiger partial charge in [0.1, 0.15) is 5.75 Å². The van der Waals surface area contributed by atoms with Crippen molar-refractivity contribution in [3.05, 3.63) is 64.7 Å². The smallest absolute Gasteiger partial charge is 0.381 e. The van der Waals surface area contributed by atoms with Gasteiger partial charge in [0.2, 0.25) is 11.5 Å². The van der Waals surface area contributed by atoms with Gasteiger partial charge >= 0.3 is 18.5 Å². The topological polar surface area (TPSA) is 95.5 Å². The molecule has 6 nitrogen and oxygen atoms in total. The highest BCUT2D eigenvalue weighted by atomic mass is 32.2. The van der Waals surface area contributed by atoms with Crippen molar-refractivity contribution in [1.82, 2.24) is 5.32 Å². The maximum atomic E-state index is 13.7. The third-order valence-corrected chi connectivity index (χ3v) is 5.76. The quantitative estimate of drug-likeness (QED) is 0.416. The minimum atomic E-state index is -5.53. The number of sulfone groups is 1. The second kappa shape index (κ2) is 10.4. The molecule has 0 aliphatic carbocycles. The molecular weight excluding hydrogens is 547 g/mol. The zero-order valence-electron chi connectivity index (χ0n) is 18.6. The Labute approximate surface area is 204 Å². The highest BCUT2D eigenvalue weighted by molar-refractivity contribution is 7.91. The van der Waals surface area contributed by atoms with Gasteiger partial charge in [0.25, 0.3) is 0 Å². The molecule has 2 rings (SSSR count). The molecule has 0 bridgehead atoms. The number of hydrogen-bond donors (Lipinski definition) is 3. The van der Waals surface area contributed by atoms with Crippen molar-refractivity contribution in [1.29, 1.82) is 0 Å². The first kappa shape index (κ1) is 30.2. The molecule has 2 aromatic carbocycles. The average molecular weight is 566 g/mol. The minimum Gasteiger partial charge on any atom is -0.381 e. The lowest BCUT2D eigenvalue weighted by Crippen LogP contribution is -2.48. The molecule has 0 aliphatic rings. The van der Waals surface area contributed by atoms with E-state index in [4.69, 9.17) is 0 Å². The number of aliphatic hydroxyl groups is 1. The van der Waals surface area contributed by atoms with Gasteiger partial charge in [-0.15, -0.1) is 0 Å². The van der Waals surface area contributed by atoms with Gasteiger partial charge in [-0.25, -0.2) is 8.42 Å². The predicted octanol–water partition coefficient (Wildman–Crippen LogP) is 4.25. The Hall–Kier alpha value is -3.01. The van der Waals surface area contributed by atoms with Crippen molar-refractivity contribution < 1.29 is 57.8 Å². The van der Waals surface area contributed by atoms with Crippen LogP contribution in [0.2, 0.25) is 0 Å². The van der Waals surface area contributed by atoms with Gasteiger partial charge in [-0.2, -0.15) is 39.5 Å². The maximum Gasteiger partial charge on any atom is 0.423 e. The maximum absolute atomic E-state index is 13.7. The molecular formula is C21H19F9N2O4S. The largest absolute Gasteiger partial charge is 0.423 e. The van der Waals surface area contributed by atoms with Crippen LogP contribution in [0.15, 0.2) is 42.5 Å². The summed E-state index contributed by atoms with van der Waals surface area (Å²) >= 11 is 0. The summed E-state index contributed by atoms with van der Waals surface area (Å²) in [7, 11) is -3.76. The molecule has 0 aliphatic heterocycles. The lowest BCUT2D eigenvalue weighted by atomic mass is 9.91. The summed E-state index contributed by atoms with van der Waals surface area (Å²) in [6.07, 6.45) is -14.9. The van der Waals surface area contributed by atoms with E-state index >= 15 is 0 Å². The highest BCUT2D eigenvalue weighted by Gasteiger charge is 2.55. The van der Waals surface area contributed by atoms with E-state index < -0.39 is 86.7 Å². The zero-order valence-corrected chi connectivity index (χ0v) is 19.5. The van der Waals surface area contributed by atoms with Crippen LogP contribution in [0.25, 0.3) is 0 Å². The normalized spacial score (nSPS) is 14.7. The molecule has 0 unspecified atom stereocenters. The Balaban J connectivity index is 2.35. The van der Waals surface area contributed by atoms with Gasteiger partial charge in [0.15, 0.2) is 9.84 Å². The molecule has 0 radical (unpaired) electrons. The van der Waals surface area contributed by atoms with Gasteiger partial charge in [-0.3, -0.25) is 4.79 Å². The Morgan fingerprint density at radius 2 is 1.49 bits per heavy atom. The summed E-state index contributed by atoms with van der Waals surface area (Å²) in [5.41, 5.74) is -9.10. The monoisotopic (exact) mass is 566 g/mol. The van der Waals surface area contributed by atoms with Gasteiger partial charge in [0, 0.05) is 18.5 Å². The summed E-state index contributed by atoms with van der Waals surface area (Å²) in [6.45, 7) is -2.31. The number of carbonyl (C=O) groups is 1. The van der Waals surface area contributed by atoms with E-state index in [1.54, 1.807) is 0 Å². The second-order valence-corrected chi connectivity index (χ2v) is 10.1. The first-order chi connectivity index (χ1) is 16.6. The molecule has 0 fully saturated rings. The van der Waals surface area contributed by atoms with Crippen molar-refractivity contribution in [3.63, 3.8) is 0 Å². The third kappa shape index (κ3) is 7.99. The fraction of sp³-hybridized carbons (Fsp3) is 0.381.